The average molecular weight is 395 g/mol. The van der Waals surface area contributed by atoms with E-state index in [4.69, 9.17) is 5.84 Å². The maximum Gasteiger partial charge on any atom is 0.354 e. The summed E-state index contributed by atoms with van der Waals surface area (Å²) in [6, 6.07) is 5.83. The summed E-state index contributed by atoms with van der Waals surface area (Å²) in [5.74, 6) is 5.49. The molecule has 4 heterocycles. The Morgan fingerprint density at radius 2 is 1.97 bits per heavy atom. The number of aromatic nitrogens is 3. The normalized spacial score (nSPS) is 19.2. The molecule has 2 aliphatic rings. The van der Waals surface area contributed by atoms with Crippen molar-refractivity contribution in [1.29, 1.82) is 0 Å². The van der Waals surface area contributed by atoms with E-state index >= 15 is 4.39 Å². The highest BCUT2D eigenvalue weighted by atomic mass is 19.1. The van der Waals surface area contributed by atoms with Gasteiger partial charge in [-0.15, -0.1) is 0 Å². The molecule has 2 N–H and O–H groups in total. The minimum absolute atomic E-state index is 0.0738. The summed E-state index contributed by atoms with van der Waals surface area (Å²) < 4.78 is 17.0. The van der Waals surface area contributed by atoms with E-state index in [1.165, 1.54) is 10.6 Å². The standard InChI is InChI=1S/C21H22FN5O2/c1-12-18(25-9-7-14(10-25)16-4-2-3-8-24-16)15(22)11-26-19(12)17(13-5-6-13)20(28)27(23)21(26)29/h2-4,8,11,13-14H,5-7,9-10,23H2,1H3. The molecule has 29 heavy (non-hydrogen) atoms. The molecule has 0 bridgehead atoms. The second-order valence-corrected chi connectivity index (χ2v) is 8.00. The van der Waals surface area contributed by atoms with Crippen LogP contribution < -0.4 is 22.0 Å². The minimum Gasteiger partial charge on any atom is -0.368 e. The number of hydrogen-bond donors (Lipinski definition) is 1. The summed E-state index contributed by atoms with van der Waals surface area (Å²) >= 11 is 0. The van der Waals surface area contributed by atoms with Crippen molar-refractivity contribution in [2.45, 2.75) is 38.0 Å². The minimum atomic E-state index is -0.726. The third-order valence-electron chi connectivity index (χ3n) is 6.13. The SMILES string of the molecule is Cc1c(N2CCC(c3ccccn3)C2)c(F)cn2c(=O)n(N)c(=O)c(C3CC3)c12. The Morgan fingerprint density at radius 3 is 2.66 bits per heavy atom. The Morgan fingerprint density at radius 1 is 1.17 bits per heavy atom. The highest BCUT2D eigenvalue weighted by Gasteiger charge is 2.34. The molecule has 1 aliphatic carbocycles. The van der Waals surface area contributed by atoms with Crippen LogP contribution in [-0.4, -0.2) is 27.2 Å². The second kappa shape index (κ2) is 6.43. The van der Waals surface area contributed by atoms with Crippen molar-refractivity contribution < 1.29 is 4.39 Å². The number of aryl methyl sites for hydroxylation is 1. The molecule has 2 fully saturated rings. The van der Waals surface area contributed by atoms with Gasteiger partial charge in [-0.1, -0.05) is 6.07 Å². The quantitative estimate of drug-likeness (QED) is 0.685. The smallest absolute Gasteiger partial charge is 0.354 e. The molecule has 7 nitrogen and oxygen atoms in total. The predicted octanol–water partition coefficient (Wildman–Crippen LogP) is 1.89. The zero-order valence-corrected chi connectivity index (χ0v) is 16.1. The number of pyridine rings is 2. The van der Waals surface area contributed by atoms with Gasteiger partial charge >= 0.3 is 5.69 Å². The Balaban J connectivity index is 1.66. The summed E-state index contributed by atoms with van der Waals surface area (Å²) in [4.78, 5) is 31.7. The van der Waals surface area contributed by atoms with E-state index in [1.54, 1.807) is 13.1 Å². The summed E-state index contributed by atoms with van der Waals surface area (Å²) in [6.45, 7) is 3.11. The van der Waals surface area contributed by atoms with Crippen LogP contribution in [0.4, 0.5) is 10.1 Å². The molecule has 0 aromatic carbocycles. The number of hydrogen-bond acceptors (Lipinski definition) is 5. The van der Waals surface area contributed by atoms with Crippen molar-refractivity contribution in [1.82, 2.24) is 14.1 Å². The maximum atomic E-state index is 15.2. The summed E-state index contributed by atoms with van der Waals surface area (Å²) in [7, 11) is 0. The largest absolute Gasteiger partial charge is 0.368 e. The van der Waals surface area contributed by atoms with Crippen LogP contribution in [0.1, 0.15) is 47.9 Å². The van der Waals surface area contributed by atoms with Gasteiger partial charge in [0.25, 0.3) is 5.56 Å². The Bertz CT molecular complexity index is 1230. The van der Waals surface area contributed by atoms with Crippen LogP contribution in [0.2, 0.25) is 0 Å². The fraction of sp³-hybridized carbons (Fsp3) is 0.381. The lowest BCUT2D eigenvalue weighted by Gasteiger charge is -2.24. The first-order valence-corrected chi connectivity index (χ1v) is 9.88. The predicted molar refractivity (Wildman–Crippen MR) is 109 cm³/mol. The topological polar surface area (TPSA) is 85.6 Å². The van der Waals surface area contributed by atoms with Gasteiger partial charge in [0, 0.05) is 42.0 Å². The van der Waals surface area contributed by atoms with E-state index in [9.17, 15) is 9.59 Å². The van der Waals surface area contributed by atoms with Crippen LogP contribution in [0, 0.1) is 12.7 Å². The first kappa shape index (κ1) is 17.9. The van der Waals surface area contributed by atoms with Gasteiger partial charge in [0.15, 0.2) is 5.82 Å². The van der Waals surface area contributed by atoms with E-state index in [-0.39, 0.29) is 11.8 Å². The third kappa shape index (κ3) is 2.73. The lowest BCUT2D eigenvalue weighted by atomic mass is 10.0. The molecule has 0 radical (unpaired) electrons. The van der Waals surface area contributed by atoms with Gasteiger partial charge in [0.05, 0.1) is 17.4 Å². The molecule has 1 unspecified atom stereocenters. The number of fused-ring (bicyclic) bond motifs is 1. The van der Waals surface area contributed by atoms with Crippen molar-refractivity contribution in [3.05, 3.63) is 74.1 Å². The van der Waals surface area contributed by atoms with Crippen molar-refractivity contribution in [3.8, 4) is 0 Å². The summed E-state index contributed by atoms with van der Waals surface area (Å²) in [5, 5.41) is 0. The monoisotopic (exact) mass is 395 g/mol. The molecular weight excluding hydrogens is 373 g/mol. The van der Waals surface area contributed by atoms with Crippen LogP contribution in [0.3, 0.4) is 0 Å². The molecule has 150 valence electrons. The first-order chi connectivity index (χ1) is 14.0. The van der Waals surface area contributed by atoms with Crippen molar-refractivity contribution >= 4 is 11.2 Å². The number of rotatable bonds is 3. The zero-order valence-electron chi connectivity index (χ0n) is 16.1. The average Bonchev–Trinajstić information content (AvgIpc) is 3.44. The highest BCUT2D eigenvalue weighted by molar-refractivity contribution is 5.72. The van der Waals surface area contributed by atoms with Gasteiger partial charge in [0.2, 0.25) is 0 Å². The summed E-state index contributed by atoms with van der Waals surface area (Å²) in [5.41, 5.74) is 1.88. The molecule has 0 amide bonds. The number of nitrogen functional groups attached to an aromatic ring is 1. The molecule has 3 aromatic heterocycles. The van der Waals surface area contributed by atoms with Gasteiger partial charge in [-0.3, -0.25) is 14.2 Å². The van der Waals surface area contributed by atoms with Crippen LogP contribution >= 0.6 is 0 Å². The third-order valence-corrected chi connectivity index (χ3v) is 6.13. The van der Waals surface area contributed by atoms with Crippen molar-refractivity contribution in [2.24, 2.45) is 0 Å². The number of nitrogens with zero attached hydrogens (tertiary/aromatic N) is 4. The van der Waals surface area contributed by atoms with Gasteiger partial charge in [-0.2, -0.15) is 4.68 Å². The van der Waals surface area contributed by atoms with Crippen molar-refractivity contribution in [2.75, 3.05) is 23.8 Å². The zero-order chi connectivity index (χ0) is 20.3. The van der Waals surface area contributed by atoms with E-state index in [1.807, 2.05) is 23.1 Å². The highest BCUT2D eigenvalue weighted by Crippen LogP contribution is 2.42. The van der Waals surface area contributed by atoms with Gasteiger partial charge in [-0.05, 0) is 44.2 Å². The van der Waals surface area contributed by atoms with E-state index in [0.29, 0.717) is 40.1 Å². The van der Waals surface area contributed by atoms with E-state index < -0.39 is 17.1 Å². The molecule has 1 atom stereocenters. The molecule has 0 spiro atoms. The molecule has 8 heteroatoms. The van der Waals surface area contributed by atoms with Crippen LogP contribution in [-0.2, 0) is 0 Å². The lowest BCUT2D eigenvalue weighted by Crippen LogP contribution is -2.44. The number of halogens is 1. The molecule has 5 rings (SSSR count). The van der Waals surface area contributed by atoms with Crippen LogP contribution in [0.15, 0.2) is 40.2 Å². The van der Waals surface area contributed by atoms with Gasteiger partial charge < -0.3 is 10.7 Å². The Hall–Kier alpha value is -3.16. The summed E-state index contributed by atoms with van der Waals surface area (Å²) in [6.07, 6.45) is 5.56. The Labute approximate surface area is 166 Å². The number of nitrogens with two attached hydrogens (primary N) is 1. The lowest BCUT2D eigenvalue weighted by molar-refractivity contribution is 0.607. The van der Waals surface area contributed by atoms with Crippen LogP contribution in [0.5, 0.6) is 0 Å². The number of anilines is 1. The molecule has 3 aromatic rings. The molecule has 1 saturated heterocycles. The van der Waals surface area contributed by atoms with Crippen LogP contribution in [0.25, 0.3) is 5.52 Å². The van der Waals surface area contributed by atoms with Gasteiger partial charge in [-0.25, -0.2) is 9.18 Å². The van der Waals surface area contributed by atoms with E-state index in [0.717, 1.165) is 25.0 Å². The fourth-order valence-corrected chi connectivity index (χ4v) is 4.58. The Kier molecular flexibility index (Phi) is 3.97. The molecular formula is C21H22FN5O2. The second-order valence-electron chi connectivity index (χ2n) is 8.00. The van der Waals surface area contributed by atoms with Crippen molar-refractivity contribution in [3.63, 3.8) is 0 Å². The molecule has 1 saturated carbocycles. The van der Waals surface area contributed by atoms with E-state index in [2.05, 4.69) is 4.98 Å². The maximum absolute atomic E-state index is 15.2. The van der Waals surface area contributed by atoms with Gasteiger partial charge in [0.1, 0.15) is 0 Å². The molecule has 1 aliphatic heterocycles. The first-order valence-electron chi connectivity index (χ1n) is 9.88. The fourth-order valence-electron chi connectivity index (χ4n) is 4.58.